The molecule has 0 radical (unpaired) electrons. The van der Waals surface area contributed by atoms with E-state index in [2.05, 4.69) is 20.6 Å². The van der Waals surface area contributed by atoms with Gasteiger partial charge in [0.1, 0.15) is 23.4 Å². The molecule has 1 aliphatic heterocycles. The summed E-state index contributed by atoms with van der Waals surface area (Å²) in [4.78, 5) is 48.4. The van der Waals surface area contributed by atoms with Crippen LogP contribution in [-0.4, -0.2) is 46.0 Å². The second-order valence-corrected chi connectivity index (χ2v) is 8.94. The standard InChI is InChI=1S/C22H25FN6O3S/c1-2-9-24-20(31)14-4-3-10-28(11-14)22-27-19-18(33-22)21(32)29(13-25-19)12-17(30)26-16-7-5-15(23)6-8-16/h5-8,13-14H,2-4,9-12H2,1H3,(H,24,31)(H,26,30)/t14-/m0/s1. The van der Waals surface area contributed by atoms with Crippen LogP contribution >= 0.6 is 11.3 Å². The van der Waals surface area contributed by atoms with Crippen LogP contribution in [0.1, 0.15) is 26.2 Å². The van der Waals surface area contributed by atoms with Gasteiger partial charge in [-0.1, -0.05) is 18.3 Å². The molecule has 0 spiro atoms. The van der Waals surface area contributed by atoms with Gasteiger partial charge in [-0.05, 0) is 43.5 Å². The molecule has 174 valence electrons. The topological polar surface area (TPSA) is 109 Å². The minimum atomic E-state index is -0.424. The van der Waals surface area contributed by atoms with Crippen LogP contribution in [0.25, 0.3) is 10.3 Å². The molecule has 2 amide bonds. The molecule has 3 aromatic rings. The molecule has 1 atom stereocenters. The number of hydrogen-bond acceptors (Lipinski definition) is 7. The molecule has 4 rings (SSSR count). The molecule has 3 heterocycles. The molecule has 1 aliphatic rings. The van der Waals surface area contributed by atoms with Gasteiger partial charge in [0.15, 0.2) is 10.8 Å². The Kier molecular flexibility index (Phi) is 6.97. The Morgan fingerprint density at radius 3 is 2.82 bits per heavy atom. The van der Waals surface area contributed by atoms with Gasteiger partial charge in [0, 0.05) is 25.3 Å². The molecule has 11 heteroatoms. The van der Waals surface area contributed by atoms with Crippen molar-refractivity contribution in [2.75, 3.05) is 29.9 Å². The van der Waals surface area contributed by atoms with Crippen LogP contribution in [0.15, 0.2) is 35.4 Å². The van der Waals surface area contributed by atoms with Gasteiger partial charge < -0.3 is 15.5 Å². The molecule has 9 nitrogen and oxygen atoms in total. The molecule has 2 aromatic heterocycles. The Morgan fingerprint density at radius 1 is 1.27 bits per heavy atom. The minimum absolute atomic E-state index is 0.0512. The molecule has 1 fully saturated rings. The van der Waals surface area contributed by atoms with E-state index in [1.165, 1.54) is 46.5 Å². The summed E-state index contributed by atoms with van der Waals surface area (Å²) in [5, 5.41) is 6.23. The zero-order chi connectivity index (χ0) is 23.4. The van der Waals surface area contributed by atoms with E-state index in [4.69, 9.17) is 0 Å². The number of amides is 2. The van der Waals surface area contributed by atoms with Crippen molar-refractivity contribution in [3.05, 3.63) is 46.8 Å². The zero-order valence-corrected chi connectivity index (χ0v) is 19.0. The molecular formula is C22H25FN6O3S. The van der Waals surface area contributed by atoms with E-state index in [0.717, 1.165) is 25.8 Å². The number of aromatic nitrogens is 3. The summed E-state index contributed by atoms with van der Waals surface area (Å²) in [6.07, 6.45) is 3.88. The lowest BCUT2D eigenvalue weighted by molar-refractivity contribution is -0.125. The number of fused-ring (bicyclic) bond motifs is 1. The maximum absolute atomic E-state index is 13.0. The molecule has 1 aromatic carbocycles. The van der Waals surface area contributed by atoms with Crippen molar-refractivity contribution in [2.24, 2.45) is 5.92 Å². The highest BCUT2D eigenvalue weighted by molar-refractivity contribution is 7.22. The highest BCUT2D eigenvalue weighted by Crippen LogP contribution is 2.29. The Morgan fingerprint density at radius 2 is 2.06 bits per heavy atom. The number of hydrogen-bond donors (Lipinski definition) is 2. The summed E-state index contributed by atoms with van der Waals surface area (Å²) in [6.45, 7) is 3.75. The number of rotatable bonds is 7. The van der Waals surface area contributed by atoms with Gasteiger partial charge in [-0.15, -0.1) is 0 Å². The molecule has 33 heavy (non-hydrogen) atoms. The van der Waals surface area contributed by atoms with Gasteiger partial charge in [0.2, 0.25) is 11.8 Å². The first-order valence-corrected chi connectivity index (χ1v) is 11.7. The summed E-state index contributed by atoms with van der Waals surface area (Å²) in [5.41, 5.74) is 0.409. The Labute approximate surface area is 193 Å². The van der Waals surface area contributed by atoms with Crippen molar-refractivity contribution in [3.63, 3.8) is 0 Å². The first-order valence-electron chi connectivity index (χ1n) is 10.9. The normalized spacial score (nSPS) is 16.1. The Hall–Kier alpha value is -3.34. The number of benzene rings is 1. The third-order valence-electron chi connectivity index (χ3n) is 5.43. The minimum Gasteiger partial charge on any atom is -0.356 e. The lowest BCUT2D eigenvalue weighted by atomic mass is 9.97. The monoisotopic (exact) mass is 472 g/mol. The fourth-order valence-electron chi connectivity index (χ4n) is 3.73. The number of carbonyl (C=O) groups excluding carboxylic acids is 2. The van der Waals surface area contributed by atoms with Crippen molar-refractivity contribution in [1.29, 1.82) is 0 Å². The third-order valence-corrected chi connectivity index (χ3v) is 6.52. The lowest BCUT2D eigenvalue weighted by Crippen LogP contribution is -2.43. The fraction of sp³-hybridized carbons (Fsp3) is 0.409. The van der Waals surface area contributed by atoms with Gasteiger partial charge in [0.05, 0.1) is 5.92 Å². The lowest BCUT2D eigenvalue weighted by Gasteiger charge is -2.31. The van der Waals surface area contributed by atoms with E-state index in [-0.39, 0.29) is 23.9 Å². The highest BCUT2D eigenvalue weighted by atomic mass is 32.1. The maximum Gasteiger partial charge on any atom is 0.273 e. The van der Waals surface area contributed by atoms with Crippen LogP contribution < -0.4 is 21.1 Å². The highest BCUT2D eigenvalue weighted by Gasteiger charge is 2.27. The zero-order valence-electron chi connectivity index (χ0n) is 18.2. The summed E-state index contributed by atoms with van der Waals surface area (Å²) in [6, 6.07) is 5.38. The van der Waals surface area contributed by atoms with Crippen LogP contribution in [0, 0.1) is 11.7 Å². The predicted molar refractivity (Wildman–Crippen MR) is 125 cm³/mol. The number of thiazole rings is 1. The van der Waals surface area contributed by atoms with Crippen molar-refractivity contribution in [1.82, 2.24) is 19.9 Å². The summed E-state index contributed by atoms with van der Waals surface area (Å²) >= 11 is 1.22. The largest absolute Gasteiger partial charge is 0.356 e. The van der Waals surface area contributed by atoms with Crippen LogP contribution in [0.5, 0.6) is 0 Å². The SMILES string of the molecule is CCCNC(=O)[C@H]1CCCN(c2nc3ncn(CC(=O)Nc4ccc(F)cc4)c(=O)c3s2)C1. The van der Waals surface area contributed by atoms with Crippen molar-refractivity contribution in [2.45, 2.75) is 32.7 Å². The van der Waals surface area contributed by atoms with E-state index in [1.807, 2.05) is 11.8 Å². The number of nitrogens with zero attached hydrogens (tertiary/aromatic N) is 4. The number of piperidine rings is 1. The molecule has 1 saturated heterocycles. The van der Waals surface area contributed by atoms with Gasteiger partial charge in [-0.2, -0.15) is 4.98 Å². The number of anilines is 2. The van der Waals surface area contributed by atoms with E-state index in [9.17, 15) is 18.8 Å². The summed E-state index contributed by atoms with van der Waals surface area (Å²) < 4.78 is 14.6. The van der Waals surface area contributed by atoms with Crippen LogP contribution in [0.3, 0.4) is 0 Å². The van der Waals surface area contributed by atoms with Crippen molar-refractivity contribution < 1.29 is 14.0 Å². The molecule has 0 unspecified atom stereocenters. The average molecular weight is 473 g/mol. The van der Waals surface area contributed by atoms with Gasteiger partial charge >= 0.3 is 0 Å². The maximum atomic E-state index is 13.0. The van der Waals surface area contributed by atoms with Crippen LogP contribution in [0.4, 0.5) is 15.2 Å². The Balaban J connectivity index is 1.47. The summed E-state index contributed by atoms with van der Waals surface area (Å²) in [7, 11) is 0. The number of nitrogens with one attached hydrogen (secondary N) is 2. The van der Waals surface area contributed by atoms with Crippen molar-refractivity contribution >= 4 is 44.3 Å². The second kappa shape index (κ2) is 10.1. The van der Waals surface area contributed by atoms with Crippen LogP contribution in [0.2, 0.25) is 0 Å². The average Bonchev–Trinajstić information content (AvgIpc) is 3.26. The Bertz CT molecular complexity index is 1210. The molecule has 0 aliphatic carbocycles. The van der Waals surface area contributed by atoms with Gasteiger partial charge in [-0.25, -0.2) is 9.37 Å². The first-order chi connectivity index (χ1) is 15.9. The van der Waals surface area contributed by atoms with E-state index in [0.29, 0.717) is 34.3 Å². The molecule has 0 bridgehead atoms. The molecular weight excluding hydrogens is 447 g/mol. The molecule has 2 N–H and O–H groups in total. The van der Waals surface area contributed by atoms with E-state index < -0.39 is 11.7 Å². The fourth-order valence-corrected chi connectivity index (χ4v) is 4.73. The van der Waals surface area contributed by atoms with E-state index >= 15 is 0 Å². The first kappa shape index (κ1) is 22.8. The molecule has 0 saturated carbocycles. The second-order valence-electron chi connectivity index (χ2n) is 7.96. The van der Waals surface area contributed by atoms with Gasteiger partial charge in [-0.3, -0.25) is 19.0 Å². The quantitative estimate of drug-likeness (QED) is 0.547. The summed E-state index contributed by atoms with van der Waals surface area (Å²) in [5.74, 6) is -0.888. The van der Waals surface area contributed by atoms with E-state index in [1.54, 1.807) is 0 Å². The smallest absolute Gasteiger partial charge is 0.273 e. The van der Waals surface area contributed by atoms with Gasteiger partial charge in [0.25, 0.3) is 5.56 Å². The van der Waals surface area contributed by atoms with Crippen LogP contribution in [-0.2, 0) is 16.1 Å². The predicted octanol–water partition coefficient (Wildman–Crippen LogP) is 2.37. The third kappa shape index (κ3) is 5.36. The number of halogens is 1. The number of carbonyl (C=O) groups is 2. The van der Waals surface area contributed by atoms with Crippen molar-refractivity contribution in [3.8, 4) is 0 Å².